The van der Waals surface area contributed by atoms with Gasteiger partial charge >= 0.3 is 0 Å². The van der Waals surface area contributed by atoms with E-state index in [1.54, 1.807) is 0 Å². The summed E-state index contributed by atoms with van der Waals surface area (Å²) in [5, 5.41) is 11.1. The minimum absolute atomic E-state index is 0.0191. The molecule has 1 amide bonds. The van der Waals surface area contributed by atoms with Gasteiger partial charge in [-0.25, -0.2) is 9.37 Å². The zero-order valence-electron chi connectivity index (χ0n) is 8.54. The summed E-state index contributed by atoms with van der Waals surface area (Å²) in [4.78, 5) is 15.0. The fourth-order valence-corrected chi connectivity index (χ4v) is 1.30. The molecule has 4 nitrogen and oxygen atoms in total. The fraction of sp³-hybridized carbons (Fsp3) is 0.400. The number of aliphatic hydroxyl groups is 1. The van der Waals surface area contributed by atoms with Gasteiger partial charge in [0.1, 0.15) is 11.0 Å². The number of carbonyl (C=O) groups is 1. The Balaban J connectivity index is 2.55. The molecule has 6 heteroatoms. The topological polar surface area (TPSA) is 62.2 Å². The number of nitrogens with one attached hydrogen (secondary N) is 1. The van der Waals surface area contributed by atoms with Crippen molar-refractivity contribution in [3.05, 3.63) is 28.8 Å². The highest BCUT2D eigenvalue weighted by atomic mass is 35.5. The van der Waals surface area contributed by atoms with Gasteiger partial charge in [0.15, 0.2) is 0 Å². The summed E-state index contributed by atoms with van der Waals surface area (Å²) in [5.41, 5.74) is 0.0191. The summed E-state index contributed by atoms with van der Waals surface area (Å²) in [6.07, 6.45) is 2.21. The van der Waals surface area contributed by atoms with Crippen molar-refractivity contribution in [1.29, 1.82) is 0 Å². The zero-order chi connectivity index (χ0) is 12.0. The molecule has 0 aromatic carbocycles. The minimum atomic E-state index is -0.607. The molecule has 1 aromatic heterocycles. The van der Waals surface area contributed by atoms with Crippen molar-refractivity contribution >= 4 is 17.5 Å². The van der Waals surface area contributed by atoms with Crippen LogP contribution in [0.25, 0.3) is 0 Å². The van der Waals surface area contributed by atoms with Gasteiger partial charge in [-0.05, 0) is 18.9 Å². The maximum atomic E-state index is 12.8. The Kier molecular flexibility index (Phi) is 5.14. The summed E-state index contributed by atoms with van der Waals surface area (Å²) in [6.45, 7) is 0.490. The van der Waals surface area contributed by atoms with Crippen molar-refractivity contribution in [3.63, 3.8) is 0 Å². The first-order chi connectivity index (χ1) is 7.65. The van der Waals surface area contributed by atoms with Gasteiger partial charge in [0.2, 0.25) is 0 Å². The van der Waals surface area contributed by atoms with Crippen LogP contribution in [0.5, 0.6) is 0 Å². The van der Waals surface area contributed by atoms with Crippen molar-refractivity contribution in [2.75, 3.05) is 13.2 Å². The van der Waals surface area contributed by atoms with E-state index in [1.807, 2.05) is 0 Å². The quantitative estimate of drug-likeness (QED) is 0.609. The Morgan fingerprint density at radius 1 is 1.56 bits per heavy atom. The number of unbranched alkanes of at least 4 members (excludes halogenated alkanes) is 1. The second-order valence-corrected chi connectivity index (χ2v) is 3.54. The van der Waals surface area contributed by atoms with Crippen molar-refractivity contribution in [2.24, 2.45) is 0 Å². The molecule has 0 fully saturated rings. The van der Waals surface area contributed by atoms with Crippen molar-refractivity contribution in [2.45, 2.75) is 12.8 Å². The number of halogens is 2. The molecular formula is C10H12ClFN2O2. The molecule has 1 aromatic rings. The van der Waals surface area contributed by atoms with Crippen LogP contribution in [0.15, 0.2) is 12.3 Å². The number of hydrogen-bond acceptors (Lipinski definition) is 3. The molecule has 0 unspecified atom stereocenters. The van der Waals surface area contributed by atoms with E-state index in [2.05, 4.69) is 10.3 Å². The molecule has 2 N–H and O–H groups in total. The highest BCUT2D eigenvalue weighted by Gasteiger charge is 2.11. The van der Waals surface area contributed by atoms with Gasteiger partial charge in [-0.2, -0.15) is 0 Å². The molecule has 0 aliphatic carbocycles. The van der Waals surface area contributed by atoms with E-state index in [4.69, 9.17) is 16.7 Å². The van der Waals surface area contributed by atoms with Gasteiger partial charge in [-0.1, -0.05) is 11.6 Å². The molecule has 0 atom stereocenters. The van der Waals surface area contributed by atoms with E-state index in [0.717, 1.165) is 12.3 Å². The first-order valence-electron chi connectivity index (χ1n) is 4.85. The van der Waals surface area contributed by atoms with E-state index in [-0.39, 0.29) is 17.3 Å². The number of amides is 1. The first-order valence-corrected chi connectivity index (χ1v) is 5.23. The third-order valence-electron chi connectivity index (χ3n) is 1.92. The standard InChI is InChI=1S/C10H12ClFN2O2/c11-9-8(5-7(12)6-14-9)10(16)13-3-1-2-4-15/h5-6,15H,1-4H2,(H,13,16). The zero-order valence-corrected chi connectivity index (χ0v) is 9.30. The molecule has 0 bridgehead atoms. The maximum absolute atomic E-state index is 12.8. The Morgan fingerprint density at radius 3 is 3.00 bits per heavy atom. The Morgan fingerprint density at radius 2 is 2.31 bits per heavy atom. The lowest BCUT2D eigenvalue weighted by Crippen LogP contribution is -2.25. The number of hydrogen-bond donors (Lipinski definition) is 2. The van der Waals surface area contributed by atoms with Gasteiger partial charge < -0.3 is 10.4 Å². The van der Waals surface area contributed by atoms with Crippen LogP contribution in [-0.4, -0.2) is 29.1 Å². The Bertz CT molecular complexity index is 374. The third-order valence-corrected chi connectivity index (χ3v) is 2.22. The minimum Gasteiger partial charge on any atom is -0.396 e. The van der Waals surface area contributed by atoms with Gasteiger partial charge in [-0.3, -0.25) is 4.79 Å². The molecule has 0 radical (unpaired) electrons. The average Bonchev–Trinajstić information content (AvgIpc) is 2.27. The van der Waals surface area contributed by atoms with Crippen LogP contribution in [0.4, 0.5) is 4.39 Å². The van der Waals surface area contributed by atoms with Gasteiger partial charge in [-0.15, -0.1) is 0 Å². The molecule has 0 aliphatic rings. The Hall–Kier alpha value is -1.20. The third kappa shape index (κ3) is 3.75. The predicted octanol–water partition coefficient (Wildman–Crippen LogP) is 1.38. The number of nitrogens with zero attached hydrogens (tertiary/aromatic N) is 1. The summed E-state index contributed by atoms with van der Waals surface area (Å²) < 4.78 is 12.8. The first kappa shape index (κ1) is 12.9. The van der Waals surface area contributed by atoms with E-state index >= 15 is 0 Å². The highest BCUT2D eigenvalue weighted by molar-refractivity contribution is 6.32. The molecular weight excluding hydrogens is 235 g/mol. The lowest BCUT2D eigenvalue weighted by molar-refractivity contribution is 0.0951. The summed E-state index contributed by atoms with van der Waals surface area (Å²) in [5.74, 6) is -1.07. The van der Waals surface area contributed by atoms with Gasteiger partial charge in [0.05, 0.1) is 11.8 Å². The fourth-order valence-electron chi connectivity index (χ4n) is 1.12. The second-order valence-electron chi connectivity index (χ2n) is 3.18. The van der Waals surface area contributed by atoms with E-state index in [1.165, 1.54) is 0 Å². The smallest absolute Gasteiger partial charge is 0.254 e. The van der Waals surface area contributed by atoms with Crippen LogP contribution in [-0.2, 0) is 0 Å². The van der Waals surface area contributed by atoms with Crippen LogP contribution >= 0.6 is 11.6 Å². The molecule has 0 spiro atoms. The number of carbonyl (C=O) groups excluding carboxylic acids is 1. The summed E-state index contributed by atoms with van der Waals surface area (Å²) >= 11 is 5.65. The van der Waals surface area contributed by atoms with Gasteiger partial charge in [0.25, 0.3) is 5.91 Å². The van der Waals surface area contributed by atoms with Crippen LogP contribution in [0.2, 0.25) is 5.15 Å². The highest BCUT2D eigenvalue weighted by Crippen LogP contribution is 2.13. The Labute approximate surface area is 97.5 Å². The van der Waals surface area contributed by atoms with Crippen molar-refractivity contribution in [3.8, 4) is 0 Å². The van der Waals surface area contributed by atoms with Crippen LogP contribution < -0.4 is 5.32 Å². The summed E-state index contributed by atoms with van der Waals surface area (Å²) in [7, 11) is 0. The molecule has 0 aliphatic heterocycles. The van der Waals surface area contributed by atoms with Crippen molar-refractivity contribution < 1.29 is 14.3 Å². The molecule has 88 valence electrons. The predicted molar refractivity (Wildman–Crippen MR) is 57.9 cm³/mol. The lowest BCUT2D eigenvalue weighted by Gasteiger charge is -2.05. The van der Waals surface area contributed by atoms with Crippen LogP contribution in [0.3, 0.4) is 0 Å². The number of pyridine rings is 1. The normalized spacial score (nSPS) is 10.2. The maximum Gasteiger partial charge on any atom is 0.254 e. The lowest BCUT2D eigenvalue weighted by atomic mass is 10.2. The molecule has 0 saturated carbocycles. The van der Waals surface area contributed by atoms with Crippen molar-refractivity contribution in [1.82, 2.24) is 10.3 Å². The average molecular weight is 247 g/mol. The largest absolute Gasteiger partial charge is 0.396 e. The van der Waals surface area contributed by atoms with Crippen LogP contribution in [0.1, 0.15) is 23.2 Å². The van der Waals surface area contributed by atoms with E-state index in [0.29, 0.717) is 19.4 Å². The SMILES string of the molecule is O=C(NCCCCO)c1cc(F)cnc1Cl. The number of aromatic nitrogens is 1. The molecule has 0 saturated heterocycles. The monoisotopic (exact) mass is 246 g/mol. The van der Waals surface area contributed by atoms with Crippen LogP contribution in [0, 0.1) is 5.82 Å². The summed E-state index contributed by atoms with van der Waals surface area (Å²) in [6, 6.07) is 1.04. The number of aliphatic hydroxyl groups excluding tert-OH is 1. The molecule has 1 heterocycles. The van der Waals surface area contributed by atoms with Gasteiger partial charge in [0, 0.05) is 13.2 Å². The number of rotatable bonds is 5. The molecule has 16 heavy (non-hydrogen) atoms. The second kappa shape index (κ2) is 6.40. The van der Waals surface area contributed by atoms with E-state index in [9.17, 15) is 9.18 Å². The van der Waals surface area contributed by atoms with E-state index < -0.39 is 11.7 Å². The molecule has 1 rings (SSSR count).